The highest BCUT2D eigenvalue weighted by Crippen LogP contribution is 2.32. The molecule has 0 fully saturated rings. The summed E-state index contributed by atoms with van der Waals surface area (Å²) in [5.74, 6) is -0.833. The number of aryl methyl sites for hydroxylation is 1. The molecule has 0 amide bonds. The van der Waals surface area contributed by atoms with Gasteiger partial charge in [0.1, 0.15) is 0 Å². The van der Waals surface area contributed by atoms with E-state index < -0.39 is 5.97 Å². The molecule has 0 aliphatic heterocycles. The van der Waals surface area contributed by atoms with Crippen LogP contribution < -0.4 is 10.6 Å². The van der Waals surface area contributed by atoms with Gasteiger partial charge in [0.2, 0.25) is 0 Å². The second-order valence-corrected chi connectivity index (χ2v) is 8.11. The third kappa shape index (κ3) is 9.15. The summed E-state index contributed by atoms with van der Waals surface area (Å²) in [5.41, 5.74) is 1.32. The van der Waals surface area contributed by atoms with Crippen LogP contribution in [0.1, 0.15) is 19.4 Å². The van der Waals surface area contributed by atoms with Crippen LogP contribution in [0.4, 0.5) is 0 Å². The molecule has 0 unspecified atom stereocenters. The Balaban J connectivity index is 0.000000255. The first-order chi connectivity index (χ1) is 12.5. The molecule has 0 aliphatic rings. The molecule has 0 bridgehead atoms. The van der Waals surface area contributed by atoms with Crippen molar-refractivity contribution >= 4 is 24.5 Å². The summed E-state index contributed by atoms with van der Waals surface area (Å²) in [7, 11) is -0.149. The summed E-state index contributed by atoms with van der Waals surface area (Å²) in [5, 5.41) is 10.4. The molecule has 0 aliphatic carbocycles. The number of hydrogen-bond donors (Lipinski definition) is 1. The molecule has 0 aromatic heterocycles. The van der Waals surface area contributed by atoms with Gasteiger partial charge in [-0.15, -0.1) is 0 Å². The number of aliphatic carboxylic acids is 1. The number of carbonyl (C=O) groups is 1. The fourth-order valence-corrected chi connectivity index (χ4v) is 4.36. The standard InChI is InChI=1S/C14H15P.C7H8.C2H4O2/c1-2-15(13-9-5-3-6-10-13)14-11-7-4-8-12-14;1-7-5-3-2-4-6-7;1-2(3)4/h3-12H,2H2,1H3;2-6H,1H3;1H3,(H,3,4). The Hall–Kier alpha value is -2.44. The summed E-state index contributed by atoms with van der Waals surface area (Å²) in [4.78, 5) is 9.00. The monoisotopic (exact) mass is 366 g/mol. The Kier molecular flexibility index (Phi) is 10.7. The predicted molar refractivity (Wildman–Crippen MR) is 114 cm³/mol. The van der Waals surface area contributed by atoms with Crippen molar-refractivity contribution in [2.75, 3.05) is 6.16 Å². The third-order valence-corrected chi connectivity index (χ3v) is 5.87. The van der Waals surface area contributed by atoms with Crippen LogP contribution in [0.25, 0.3) is 0 Å². The lowest BCUT2D eigenvalue weighted by atomic mass is 10.2. The van der Waals surface area contributed by atoms with Crippen molar-refractivity contribution in [3.63, 3.8) is 0 Å². The van der Waals surface area contributed by atoms with Crippen molar-refractivity contribution in [1.29, 1.82) is 0 Å². The van der Waals surface area contributed by atoms with Crippen LogP contribution in [0.5, 0.6) is 0 Å². The molecule has 3 heteroatoms. The van der Waals surface area contributed by atoms with Gasteiger partial charge >= 0.3 is 0 Å². The van der Waals surface area contributed by atoms with E-state index >= 15 is 0 Å². The van der Waals surface area contributed by atoms with Gasteiger partial charge in [0, 0.05) is 6.92 Å². The normalized spacial score (nSPS) is 9.38. The lowest BCUT2D eigenvalue weighted by Gasteiger charge is -2.16. The quantitative estimate of drug-likeness (QED) is 0.645. The largest absolute Gasteiger partial charge is 0.481 e. The Morgan fingerprint density at radius 3 is 1.31 bits per heavy atom. The average molecular weight is 366 g/mol. The molecular formula is C23H27O2P. The molecule has 26 heavy (non-hydrogen) atoms. The van der Waals surface area contributed by atoms with Crippen molar-refractivity contribution in [1.82, 2.24) is 0 Å². The van der Waals surface area contributed by atoms with Crippen LogP contribution in [0.15, 0.2) is 91.0 Å². The summed E-state index contributed by atoms with van der Waals surface area (Å²) in [6.45, 7) is 5.44. The zero-order valence-electron chi connectivity index (χ0n) is 15.7. The van der Waals surface area contributed by atoms with Gasteiger partial charge in [0.25, 0.3) is 5.97 Å². The van der Waals surface area contributed by atoms with E-state index in [1.807, 2.05) is 18.2 Å². The molecule has 136 valence electrons. The minimum Gasteiger partial charge on any atom is -0.481 e. The van der Waals surface area contributed by atoms with Crippen LogP contribution in [-0.4, -0.2) is 17.2 Å². The molecule has 3 rings (SSSR count). The fourth-order valence-electron chi connectivity index (χ4n) is 2.26. The van der Waals surface area contributed by atoms with E-state index in [2.05, 4.69) is 86.6 Å². The molecule has 0 saturated carbocycles. The highest BCUT2D eigenvalue weighted by atomic mass is 31.1. The maximum absolute atomic E-state index is 9.00. The number of benzene rings is 3. The highest BCUT2D eigenvalue weighted by molar-refractivity contribution is 7.72. The van der Waals surface area contributed by atoms with Gasteiger partial charge in [-0.2, -0.15) is 0 Å². The fraction of sp³-hybridized carbons (Fsp3) is 0.174. The Labute approximate surface area is 158 Å². The molecule has 0 radical (unpaired) electrons. The number of carboxylic acids is 1. The summed E-state index contributed by atoms with van der Waals surface area (Å²) >= 11 is 0. The lowest BCUT2D eigenvalue weighted by Crippen LogP contribution is -2.12. The topological polar surface area (TPSA) is 37.3 Å². The van der Waals surface area contributed by atoms with E-state index in [9.17, 15) is 0 Å². The second-order valence-electron chi connectivity index (χ2n) is 5.59. The predicted octanol–water partition coefficient (Wildman–Crippen LogP) is 5.23. The molecule has 0 atom stereocenters. The van der Waals surface area contributed by atoms with E-state index in [-0.39, 0.29) is 7.92 Å². The zero-order valence-corrected chi connectivity index (χ0v) is 16.6. The first-order valence-corrected chi connectivity index (χ1v) is 10.2. The van der Waals surface area contributed by atoms with Gasteiger partial charge in [0.05, 0.1) is 0 Å². The first kappa shape index (κ1) is 21.6. The van der Waals surface area contributed by atoms with Crippen LogP contribution >= 0.6 is 7.92 Å². The number of hydrogen-bond acceptors (Lipinski definition) is 1. The van der Waals surface area contributed by atoms with Gasteiger partial charge in [-0.3, -0.25) is 4.79 Å². The maximum atomic E-state index is 9.00. The highest BCUT2D eigenvalue weighted by Gasteiger charge is 2.09. The van der Waals surface area contributed by atoms with Crippen molar-refractivity contribution in [3.8, 4) is 0 Å². The van der Waals surface area contributed by atoms with Crippen LogP contribution in [-0.2, 0) is 4.79 Å². The van der Waals surface area contributed by atoms with Gasteiger partial charge in [-0.25, -0.2) is 0 Å². The van der Waals surface area contributed by atoms with Gasteiger partial charge < -0.3 is 5.11 Å². The Bertz CT molecular complexity index is 684. The molecule has 3 aromatic rings. The van der Waals surface area contributed by atoms with Crippen LogP contribution in [0.3, 0.4) is 0 Å². The van der Waals surface area contributed by atoms with Crippen molar-refractivity contribution < 1.29 is 9.90 Å². The third-order valence-electron chi connectivity index (χ3n) is 3.39. The molecule has 0 heterocycles. The molecule has 0 spiro atoms. The molecular weight excluding hydrogens is 339 g/mol. The minimum absolute atomic E-state index is 0.149. The summed E-state index contributed by atoms with van der Waals surface area (Å²) in [6, 6.07) is 31.9. The van der Waals surface area contributed by atoms with E-state index in [0.29, 0.717) is 0 Å². The molecule has 1 N–H and O–H groups in total. The molecule has 0 saturated heterocycles. The second kappa shape index (κ2) is 12.9. The summed E-state index contributed by atoms with van der Waals surface area (Å²) < 4.78 is 0. The first-order valence-electron chi connectivity index (χ1n) is 8.63. The smallest absolute Gasteiger partial charge is 0.300 e. The van der Waals surface area contributed by atoms with Gasteiger partial charge in [0.15, 0.2) is 0 Å². The van der Waals surface area contributed by atoms with Crippen LogP contribution in [0, 0.1) is 6.92 Å². The van der Waals surface area contributed by atoms with Crippen molar-refractivity contribution in [2.24, 2.45) is 0 Å². The van der Waals surface area contributed by atoms with E-state index in [4.69, 9.17) is 9.90 Å². The summed E-state index contributed by atoms with van der Waals surface area (Å²) in [6.07, 6.45) is 1.21. The van der Waals surface area contributed by atoms with E-state index in [1.54, 1.807) is 0 Å². The van der Waals surface area contributed by atoms with Crippen molar-refractivity contribution in [3.05, 3.63) is 96.6 Å². The SMILES string of the molecule is CC(=O)O.CCP(c1ccccc1)c1ccccc1.Cc1ccccc1. The van der Waals surface area contributed by atoms with Gasteiger partial charge in [-0.1, -0.05) is 103 Å². The number of rotatable bonds is 3. The zero-order chi connectivity index (χ0) is 19.2. The Morgan fingerprint density at radius 2 is 1.08 bits per heavy atom. The van der Waals surface area contributed by atoms with Crippen LogP contribution in [0.2, 0.25) is 0 Å². The number of carboxylic acid groups (broad SMARTS) is 1. The Morgan fingerprint density at radius 1 is 0.769 bits per heavy atom. The lowest BCUT2D eigenvalue weighted by molar-refractivity contribution is -0.134. The van der Waals surface area contributed by atoms with Crippen molar-refractivity contribution in [2.45, 2.75) is 20.8 Å². The maximum Gasteiger partial charge on any atom is 0.300 e. The van der Waals surface area contributed by atoms with E-state index in [0.717, 1.165) is 6.92 Å². The van der Waals surface area contributed by atoms with Gasteiger partial charge in [-0.05, 0) is 31.6 Å². The molecule has 2 nitrogen and oxygen atoms in total. The van der Waals surface area contributed by atoms with E-state index in [1.165, 1.54) is 22.3 Å². The molecule has 3 aromatic carbocycles. The minimum atomic E-state index is -0.833. The average Bonchev–Trinajstić information content (AvgIpc) is 2.65.